The number of fused-ring (bicyclic) bond motifs is 3. The Morgan fingerprint density at radius 2 is 0.880 bits per heavy atom. The van der Waals surface area contributed by atoms with Crippen molar-refractivity contribution in [2.24, 2.45) is 0 Å². The zero-order valence-corrected chi connectivity index (χ0v) is 50.5. The molecule has 420 valence electrons. The van der Waals surface area contributed by atoms with Gasteiger partial charge in [0.15, 0.2) is 0 Å². The molecule has 0 saturated heterocycles. The molecule has 0 aliphatic rings. The molecule has 0 amide bonds. The summed E-state index contributed by atoms with van der Waals surface area (Å²) >= 11 is 0. The van der Waals surface area contributed by atoms with Gasteiger partial charge in [0.1, 0.15) is 5.82 Å². The van der Waals surface area contributed by atoms with Crippen molar-refractivity contribution >= 4 is 32.4 Å². The van der Waals surface area contributed by atoms with Crippen LogP contribution in [0.25, 0.3) is 43.7 Å². The van der Waals surface area contributed by atoms with E-state index < -0.39 is 0 Å². The number of nitrogens with zero attached hydrogens (tertiary/aromatic N) is 2. The summed E-state index contributed by atoms with van der Waals surface area (Å²) in [4.78, 5) is 4.71. The molecule has 0 aliphatic carbocycles. The van der Waals surface area contributed by atoms with E-state index in [0.29, 0.717) is 23.0 Å². The van der Waals surface area contributed by atoms with Gasteiger partial charge in [-0.05, 0) is 147 Å². The maximum Gasteiger partial charge on any atom is 0.126 e. The summed E-state index contributed by atoms with van der Waals surface area (Å²) in [6.07, 6.45) is 0. The van der Waals surface area contributed by atoms with Crippen LogP contribution in [-0.4, -0.2) is 4.98 Å². The number of rotatable bonds is 3. The lowest BCUT2D eigenvalue weighted by molar-refractivity contribution is 0.618. The number of aromatic nitrogens is 1. The fourth-order valence-corrected chi connectivity index (χ4v) is 8.34. The van der Waals surface area contributed by atoms with Crippen molar-refractivity contribution < 1.29 is 11.2 Å². The van der Waals surface area contributed by atoms with Crippen molar-refractivity contribution in [3.8, 4) is 17.3 Å². The summed E-state index contributed by atoms with van der Waals surface area (Å²) in [5.74, 6) is 1.14. The largest absolute Gasteiger partial charge is 0.248 e. The van der Waals surface area contributed by atoms with Crippen LogP contribution >= 0.6 is 0 Å². The maximum absolute atomic E-state index is 12.3. The number of hydrogen-bond acceptors (Lipinski definition) is 2. The molecule has 0 unspecified atom stereocenters. The average Bonchev–Trinajstić information content (AvgIpc) is 3.68. The highest BCUT2D eigenvalue weighted by Gasteiger charge is 2.06. The van der Waals surface area contributed by atoms with Crippen LogP contribution in [0.4, 0.5) is 4.39 Å². The zero-order valence-electron chi connectivity index (χ0n) is 55.5. The summed E-state index contributed by atoms with van der Waals surface area (Å²) in [6, 6.07) is 82.7. The zero-order chi connectivity index (χ0) is 64.3. The van der Waals surface area contributed by atoms with Crippen LogP contribution in [0.15, 0.2) is 273 Å². The molecule has 1 aromatic heterocycles. The van der Waals surface area contributed by atoms with E-state index in [1.807, 2.05) is 79.7 Å². The SMILES string of the molecule is Cc1cc(-c2ccccc2)nc2ccccc12.Cc1cc(C(C)C)cc(C(C)C)c1.Cc1ccc(C#N)cc1.Cc1ccc2ccccc2c1.Cc1cccc2ccccc12.Cc1ccccc1.Cc1ccccc1F.[2H]c1c([2H])c([2H])c(C)c([2H])c1[2H]. The lowest BCUT2D eigenvalue weighted by Gasteiger charge is -2.12. The van der Waals surface area contributed by atoms with Gasteiger partial charge in [-0.15, -0.1) is 0 Å². The van der Waals surface area contributed by atoms with Crippen molar-refractivity contribution in [1.82, 2.24) is 4.98 Å². The second kappa shape index (κ2) is 34.8. The number of hydrogen-bond donors (Lipinski definition) is 0. The van der Waals surface area contributed by atoms with Gasteiger partial charge >= 0.3 is 0 Å². The first-order valence-corrected chi connectivity index (χ1v) is 28.2. The number of benzene rings is 11. The van der Waals surface area contributed by atoms with Gasteiger partial charge in [0.2, 0.25) is 0 Å². The summed E-state index contributed by atoms with van der Waals surface area (Å²) in [7, 11) is 0. The van der Waals surface area contributed by atoms with E-state index >= 15 is 0 Å². The first-order valence-electron chi connectivity index (χ1n) is 30.7. The Labute approximate surface area is 503 Å². The minimum absolute atomic E-state index is 0.124. The van der Waals surface area contributed by atoms with Gasteiger partial charge in [-0.25, -0.2) is 9.37 Å². The second-order valence-corrected chi connectivity index (χ2v) is 21.0. The van der Waals surface area contributed by atoms with Crippen LogP contribution in [-0.2, 0) is 0 Å². The molecule has 2 nitrogen and oxygen atoms in total. The molecule has 0 fully saturated rings. The summed E-state index contributed by atoms with van der Waals surface area (Å²) in [5, 5.41) is 14.9. The lowest BCUT2D eigenvalue weighted by atomic mass is 9.94. The van der Waals surface area contributed by atoms with Gasteiger partial charge in [0.05, 0.1) is 29.7 Å². The molecule has 12 aromatic rings. The highest BCUT2D eigenvalue weighted by molar-refractivity contribution is 5.86. The van der Waals surface area contributed by atoms with Crippen LogP contribution < -0.4 is 0 Å². The number of halogens is 1. The normalized spacial score (nSPS) is 10.8. The Kier molecular flexibility index (Phi) is 23.9. The van der Waals surface area contributed by atoms with Crippen LogP contribution in [0.5, 0.6) is 0 Å². The van der Waals surface area contributed by atoms with E-state index in [9.17, 15) is 4.39 Å². The van der Waals surface area contributed by atoms with Crippen LogP contribution in [0.3, 0.4) is 0 Å². The van der Waals surface area contributed by atoms with E-state index in [1.165, 1.54) is 90.0 Å². The van der Waals surface area contributed by atoms with Crippen molar-refractivity contribution in [3.05, 3.63) is 340 Å². The molecule has 0 N–H and O–H groups in total. The van der Waals surface area contributed by atoms with E-state index in [-0.39, 0.29) is 36.0 Å². The minimum atomic E-state index is -0.337. The van der Waals surface area contributed by atoms with Gasteiger partial charge in [0, 0.05) is 10.9 Å². The van der Waals surface area contributed by atoms with Gasteiger partial charge < -0.3 is 0 Å². The summed E-state index contributed by atoms with van der Waals surface area (Å²) in [6.45, 7) is 24.9. The third-order valence-corrected chi connectivity index (χ3v) is 13.2. The molecular weight excluding hydrogens is 1010 g/mol. The molecule has 83 heavy (non-hydrogen) atoms. The predicted molar refractivity (Wildman–Crippen MR) is 358 cm³/mol. The monoisotopic (exact) mass is 1100 g/mol. The molecule has 0 aliphatic heterocycles. The van der Waals surface area contributed by atoms with Crippen molar-refractivity contribution in [2.45, 2.75) is 94.9 Å². The fourth-order valence-electron chi connectivity index (χ4n) is 8.34. The average molecular weight is 1100 g/mol. The number of nitriles is 1. The smallest absolute Gasteiger partial charge is 0.126 e. The fraction of sp³-hybridized carbons (Fsp3) is 0.175. The number of para-hydroxylation sites is 1. The van der Waals surface area contributed by atoms with Gasteiger partial charge in [-0.3, -0.25) is 0 Å². The van der Waals surface area contributed by atoms with Crippen molar-refractivity contribution in [2.75, 3.05) is 0 Å². The van der Waals surface area contributed by atoms with Gasteiger partial charge in [-0.1, -0.05) is 298 Å². The lowest BCUT2D eigenvalue weighted by Crippen LogP contribution is -1.94. The molecule has 3 heteroatoms. The Morgan fingerprint density at radius 3 is 1.43 bits per heavy atom. The van der Waals surface area contributed by atoms with Crippen molar-refractivity contribution in [3.63, 3.8) is 0 Å². The quantitative estimate of drug-likeness (QED) is 0.177. The van der Waals surface area contributed by atoms with E-state index in [1.54, 1.807) is 19.1 Å². The van der Waals surface area contributed by atoms with Gasteiger partial charge in [0.25, 0.3) is 0 Å². The molecule has 11 aromatic carbocycles. The highest BCUT2D eigenvalue weighted by Crippen LogP contribution is 2.25. The minimum Gasteiger partial charge on any atom is -0.248 e. The Hall–Kier alpha value is -9.23. The number of pyridine rings is 1. The standard InChI is InChI=1S/C16H13N.C13H20.2C11H10.C8H7N.C7H7F.2C7H8/c1-12-11-16(13-7-3-2-4-8-13)17-15-10-6-5-9-14(12)15;1-9(2)12-6-11(5)7-13(8-12)10(3)4;1-9-5-4-7-10-6-2-3-8-11(9)10;1-9-6-7-10-4-2-3-5-11(10)8-9;1-7-2-4-8(6-9)5-3-7;1-6-4-2-3-5-7(6)8;2*1-7-5-3-2-4-6-7/h2-11H,1H3;6-10H,1-5H3;2*2-8H,1H3;2-5H,1H3;2-5H,1H3;2*2-6H,1H3/i;;;;;;2D,3D,4D,5D,6D;. The van der Waals surface area contributed by atoms with E-state index in [0.717, 1.165) is 16.8 Å². The topological polar surface area (TPSA) is 36.7 Å². The number of aryl methyl sites for hydroxylation is 7. The third-order valence-electron chi connectivity index (χ3n) is 13.2. The molecule has 0 atom stereocenters. The van der Waals surface area contributed by atoms with Gasteiger partial charge in [-0.2, -0.15) is 5.26 Å². The molecule has 1 heterocycles. The molecule has 12 rings (SSSR count). The van der Waals surface area contributed by atoms with Crippen LogP contribution in [0, 0.1) is 72.5 Å². The third kappa shape index (κ3) is 23.0. The highest BCUT2D eigenvalue weighted by atomic mass is 19.1. The van der Waals surface area contributed by atoms with Crippen LogP contribution in [0.1, 0.15) is 108 Å². The first kappa shape index (κ1) is 57.0. The molecule has 0 spiro atoms. The Balaban J connectivity index is 0.000000186. The summed E-state index contributed by atoms with van der Waals surface area (Å²) in [5.41, 5.74) is 15.8. The Morgan fingerprint density at radius 1 is 0.386 bits per heavy atom. The molecule has 0 saturated carbocycles. The molecular formula is C80H83FN2. The summed E-state index contributed by atoms with van der Waals surface area (Å²) < 4.78 is 48.6. The second-order valence-electron chi connectivity index (χ2n) is 21.0. The predicted octanol–water partition coefficient (Wildman–Crippen LogP) is 22.7. The van der Waals surface area contributed by atoms with E-state index in [2.05, 4.69) is 220 Å². The van der Waals surface area contributed by atoms with Crippen molar-refractivity contribution in [1.29, 1.82) is 5.26 Å². The molecule has 0 radical (unpaired) electrons. The van der Waals surface area contributed by atoms with E-state index in [4.69, 9.17) is 17.1 Å². The maximum atomic E-state index is 12.3. The first-order chi connectivity index (χ1) is 42.1. The van der Waals surface area contributed by atoms with Crippen LogP contribution in [0.2, 0.25) is 0 Å². The molecule has 0 bridgehead atoms. The Bertz CT molecular complexity index is 3990.